The maximum Gasteiger partial charge on any atom is 0.0979 e. The fraction of sp³-hybridized carbons (Fsp3) is 0.615. The highest BCUT2D eigenvalue weighted by Gasteiger charge is 2.37. The largest absolute Gasteiger partial charge is 0.389 e. The SMILES string of the molecule is C[C@@H]1N[C@@H](CNCC[C]2[CH][CH][CH][CH]2)[C@H](O)[C@@H]1O. The van der Waals surface area contributed by atoms with E-state index in [1.54, 1.807) is 0 Å². The predicted molar refractivity (Wildman–Crippen MR) is 66.3 cm³/mol. The van der Waals surface area contributed by atoms with Crippen LogP contribution in [0.5, 0.6) is 0 Å². The highest BCUT2D eigenvalue weighted by atomic mass is 16.3. The normalized spacial score (nSPS) is 39.0. The molecule has 1 heterocycles. The molecule has 4 heteroatoms. The van der Waals surface area contributed by atoms with Gasteiger partial charge in [0.1, 0.15) is 0 Å². The molecule has 4 N–H and O–H groups in total. The van der Waals surface area contributed by atoms with Gasteiger partial charge in [-0.25, -0.2) is 0 Å². The second kappa shape index (κ2) is 6.14. The van der Waals surface area contributed by atoms with Gasteiger partial charge >= 0.3 is 0 Å². The van der Waals surface area contributed by atoms with Crippen molar-refractivity contribution in [2.45, 2.75) is 37.6 Å². The topological polar surface area (TPSA) is 64.5 Å². The summed E-state index contributed by atoms with van der Waals surface area (Å²) in [7, 11) is 0. The van der Waals surface area contributed by atoms with Crippen LogP contribution < -0.4 is 10.6 Å². The van der Waals surface area contributed by atoms with Crippen LogP contribution in [0.1, 0.15) is 13.3 Å². The number of aliphatic hydroxyl groups excluding tert-OH is 2. The minimum atomic E-state index is -0.670. The van der Waals surface area contributed by atoms with Crippen molar-refractivity contribution in [1.29, 1.82) is 0 Å². The average molecular weight is 237 g/mol. The summed E-state index contributed by atoms with van der Waals surface area (Å²) in [5, 5.41) is 25.8. The molecule has 0 amide bonds. The van der Waals surface area contributed by atoms with Gasteiger partial charge in [0.2, 0.25) is 0 Å². The molecule has 2 rings (SSSR count). The van der Waals surface area contributed by atoms with Crippen molar-refractivity contribution in [3.05, 3.63) is 31.6 Å². The van der Waals surface area contributed by atoms with E-state index in [4.69, 9.17) is 0 Å². The van der Waals surface area contributed by atoms with Gasteiger partial charge in [-0.15, -0.1) is 0 Å². The van der Waals surface area contributed by atoms with Crippen molar-refractivity contribution in [2.75, 3.05) is 13.1 Å². The fourth-order valence-corrected chi connectivity index (χ4v) is 2.32. The zero-order valence-corrected chi connectivity index (χ0v) is 10.1. The Hall–Kier alpha value is -0.160. The summed E-state index contributed by atoms with van der Waals surface area (Å²) in [5.41, 5.74) is 0. The molecule has 4 nitrogen and oxygen atoms in total. The van der Waals surface area contributed by atoms with Gasteiger partial charge in [0.05, 0.1) is 12.2 Å². The summed E-state index contributed by atoms with van der Waals surface area (Å²) in [4.78, 5) is 0. The first-order valence-electron chi connectivity index (χ1n) is 6.22. The fourth-order valence-electron chi connectivity index (χ4n) is 2.32. The van der Waals surface area contributed by atoms with Crippen molar-refractivity contribution >= 4 is 0 Å². The Morgan fingerprint density at radius 3 is 2.53 bits per heavy atom. The third-order valence-corrected chi connectivity index (χ3v) is 3.44. The van der Waals surface area contributed by atoms with E-state index in [1.165, 1.54) is 5.92 Å². The van der Waals surface area contributed by atoms with Crippen molar-refractivity contribution < 1.29 is 10.2 Å². The standard InChI is InChI=1S/C13H21N2O2/c1-9-12(16)13(17)11(15-9)8-14-7-6-10-4-2-3-5-10/h2-5,9,11-17H,6-8H2,1H3/t9-,11-,12+,13-/m0/s1. The lowest BCUT2D eigenvalue weighted by molar-refractivity contribution is 0.0304. The molecule has 1 aliphatic carbocycles. The molecule has 2 fully saturated rings. The Labute approximate surface area is 104 Å². The highest BCUT2D eigenvalue weighted by Crippen LogP contribution is 2.25. The van der Waals surface area contributed by atoms with Crippen LogP contribution in [0.3, 0.4) is 0 Å². The number of rotatable bonds is 5. The molecular weight excluding hydrogens is 216 g/mol. The van der Waals surface area contributed by atoms with E-state index in [9.17, 15) is 10.2 Å². The van der Waals surface area contributed by atoms with Gasteiger partial charge in [-0.3, -0.25) is 0 Å². The van der Waals surface area contributed by atoms with Crippen LogP contribution in [0.4, 0.5) is 0 Å². The van der Waals surface area contributed by atoms with Gasteiger partial charge in [0, 0.05) is 18.6 Å². The van der Waals surface area contributed by atoms with E-state index in [0.717, 1.165) is 13.0 Å². The molecule has 17 heavy (non-hydrogen) atoms. The van der Waals surface area contributed by atoms with E-state index in [1.807, 2.05) is 19.8 Å². The molecule has 2 aliphatic rings. The maximum atomic E-state index is 9.76. The molecule has 5 radical (unpaired) electrons. The second-order valence-electron chi connectivity index (χ2n) is 4.79. The van der Waals surface area contributed by atoms with E-state index >= 15 is 0 Å². The van der Waals surface area contributed by atoms with Crippen LogP contribution in [0.2, 0.25) is 0 Å². The molecule has 1 saturated carbocycles. The van der Waals surface area contributed by atoms with Crippen LogP contribution in [0, 0.1) is 31.6 Å². The smallest absolute Gasteiger partial charge is 0.0979 e. The van der Waals surface area contributed by atoms with Gasteiger partial charge in [-0.05, 0) is 51.5 Å². The first-order chi connectivity index (χ1) is 8.18. The van der Waals surface area contributed by atoms with Gasteiger partial charge in [-0.1, -0.05) is 0 Å². The maximum absolute atomic E-state index is 9.76. The lowest BCUT2D eigenvalue weighted by Crippen LogP contribution is -2.42. The molecule has 0 aromatic rings. The molecule has 0 aromatic heterocycles. The molecule has 0 spiro atoms. The molecule has 95 valence electrons. The first kappa shape index (κ1) is 13.3. The van der Waals surface area contributed by atoms with Crippen LogP contribution in [0.25, 0.3) is 0 Å². The van der Waals surface area contributed by atoms with E-state index < -0.39 is 12.2 Å². The average Bonchev–Trinajstić information content (AvgIpc) is 2.90. The third-order valence-electron chi connectivity index (χ3n) is 3.44. The van der Waals surface area contributed by atoms with E-state index in [2.05, 4.69) is 23.5 Å². The highest BCUT2D eigenvalue weighted by molar-refractivity contribution is 5.35. The van der Waals surface area contributed by atoms with Gasteiger partial charge < -0.3 is 20.8 Å². The molecule has 0 aromatic carbocycles. The molecule has 0 unspecified atom stereocenters. The summed E-state index contributed by atoms with van der Waals surface area (Å²) in [6.45, 7) is 3.46. The zero-order valence-electron chi connectivity index (χ0n) is 10.1. The summed E-state index contributed by atoms with van der Waals surface area (Å²) >= 11 is 0. The molecule has 0 bridgehead atoms. The van der Waals surface area contributed by atoms with Crippen LogP contribution in [0.15, 0.2) is 0 Å². The van der Waals surface area contributed by atoms with Crippen LogP contribution in [-0.2, 0) is 0 Å². The predicted octanol–water partition coefficient (Wildman–Crippen LogP) is -0.547. The Balaban J connectivity index is 1.59. The summed E-state index contributed by atoms with van der Waals surface area (Å²) in [6, 6.07) is -0.0912. The van der Waals surface area contributed by atoms with Crippen molar-refractivity contribution in [3.8, 4) is 0 Å². The minimum absolute atomic E-state index is 0.0353. The van der Waals surface area contributed by atoms with Gasteiger partial charge in [0.25, 0.3) is 0 Å². The van der Waals surface area contributed by atoms with Gasteiger partial charge in [-0.2, -0.15) is 0 Å². The molecule has 1 aliphatic heterocycles. The van der Waals surface area contributed by atoms with Gasteiger partial charge in [0.15, 0.2) is 0 Å². The minimum Gasteiger partial charge on any atom is -0.389 e. The summed E-state index contributed by atoms with van der Waals surface area (Å²) in [5.74, 6) is 1.32. The van der Waals surface area contributed by atoms with Crippen molar-refractivity contribution in [1.82, 2.24) is 10.6 Å². The molecular formula is C13H21N2O2. The Kier molecular flexibility index (Phi) is 4.79. The Morgan fingerprint density at radius 1 is 1.24 bits per heavy atom. The number of hydrogen-bond acceptors (Lipinski definition) is 4. The summed E-state index contributed by atoms with van der Waals surface area (Å²) in [6.07, 6.45) is 7.96. The second-order valence-corrected chi connectivity index (χ2v) is 4.79. The van der Waals surface area contributed by atoms with E-state index in [0.29, 0.717) is 6.54 Å². The van der Waals surface area contributed by atoms with Crippen LogP contribution in [-0.4, -0.2) is 47.6 Å². The van der Waals surface area contributed by atoms with Crippen molar-refractivity contribution in [2.24, 2.45) is 0 Å². The zero-order chi connectivity index (χ0) is 12.3. The monoisotopic (exact) mass is 237 g/mol. The molecule has 4 atom stereocenters. The summed E-state index contributed by atoms with van der Waals surface area (Å²) < 4.78 is 0. The quantitative estimate of drug-likeness (QED) is 0.485. The number of aliphatic hydroxyl groups is 2. The Morgan fingerprint density at radius 2 is 1.94 bits per heavy atom. The number of nitrogens with one attached hydrogen (secondary N) is 2. The van der Waals surface area contributed by atoms with Crippen LogP contribution >= 0.6 is 0 Å². The number of hydrogen-bond donors (Lipinski definition) is 4. The lowest BCUT2D eigenvalue weighted by Gasteiger charge is -2.17. The Bertz CT molecular complexity index is 231. The lowest BCUT2D eigenvalue weighted by atomic mass is 10.0. The third kappa shape index (κ3) is 3.41. The first-order valence-corrected chi connectivity index (χ1v) is 6.22. The molecule has 1 saturated heterocycles. The van der Waals surface area contributed by atoms with Crippen molar-refractivity contribution in [3.63, 3.8) is 0 Å². The van der Waals surface area contributed by atoms with E-state index in [-0.39, 0.29) is 12.1 Å².